The molecule has 3 nitrogen and oxygen atoms in total. The molecule has 0 aromatic heterocycles. The molecule has 0 spiro atoms. The molecule has 0 radical (unpaired) electrons. The molecule has 40 heavy (non-hydrogen) atoms. The summed E-state index contributed by atoms with van der Waals surface area (Å²) in [7, 11) is -1.32. The van der Waals surface area contributed by atoms with Crippen LogP contribution in [0.15, 0.2) is 97.1 Å². The first-order valence-electron chi connectivity index (χ1n) is 15.1. The molecule has 4 aromatic rings. The van der Waals surface area contributed by atoms with Crippen molar-refractivity contribution in [3.8, 4) is 5.75 Å². The molecular formula is C36H36NO2P. The van der Waals surface area contributed by atoms with E-state index in [2.05, 4.69) is 102 Å². The fourth-order valence-electron chi connectivity index (χ4n) is 7.78. The van der Waals surface area contributed by atoms with Crippen molar-refractivity contribution in [1.29, 1.82) is 0 Å². The van der Waals surface area contributed by atoms with Crippen molar-refractivity contribution in [3.63, 3.8) is 0 Å². The average Bonchev–Trinajstić information content (AvgIpc) is 3.39. The Bertz CT molecular complexity index is 1460. The van der Waals surface area contributed by atoms with Crippen LogP contribution in [0.5, 0.6) is 5.75 Å². The molecule has 202 valence electrons. The van der Waals surface area contributed by atoms with Crippen LogP contribution in [0.4, 0.5) is 0 Å². The lowest BCUT2D eigenvalue weighted by molar-refractivity contribution is 0.146. The fraction of sp³-hybridized carbons (Fsp3) is 0.333. The van der Waals surface area contributed by atoms with Crippen LogP contribution in [0.2, 0.25) is 0 Å². The zero-order valence-corrected chi connectivity index (χ0v) is 23.8. The van der Waals surface area contributed by atoms with E-state index in [1.165, 1.54) is 58.2 Å². The van der Waals surface area contributed by atoms with E-state index < -0.39 is 8.53 Å². The highest BCUT2D eigenvalue weighted by Gasteiger charge is 2.48. The van der Waals surface area contributed by atoms with Crippen LogP contribution in [-0.2, 0) is 23.8 Å². The molecule has 0 N–H and O–H groups in total. The van der Waals surface area contributed by atoms with Crippen LogP contribution < -0.4 is 4.52 Å². The van der Waals surface area contributed by atoms with E-state index >= 15 is 0 Å². The van der Waals surface area contributed by atoms with Gasteiger partial charge in [0.05, 0.1) is 6.10 Å². The molecule has 0 amide bonds. The van der Waals surface area contributed by atoms with Gasteiger partial charge in [-0.15, -0.1) is 0 Å². The minimum Gasteiger partial charge on any atom is -0.435 e. The van der Waals surface area contributed by atoms with Gasteiger partial charge in [-0.3, -0.25) is 0 Å². The SMILES string of the molecule is c1ccc([C@H]2CC[C@H](c3ccccc3)N2P2Oc3ccc4c(c3[C@@H]3c5ccccc5CCC3O2)CCCC4)cc1. The third-order valence-electron chi connectivity index (χ3n) is 9.62. The maximum atomic E-state index is 7.30. The van der Waals surface area contributed by atoms with Crippen molar-refractivity contribution < 1.29 is 9.05 Å². The van der Waals surface area contributed by atoms with Crippen molar-refractivity contribution in [1.82, 2.24) is 4.67 Å². The second kappa shape index (κ2) is 10.5. The molecule has 1 saturated heterocycles. The van der Waals surface area contributed by atoms with Gasteiger partial charge in [0.2, 0.25) is 0 Å². The number of fused-ring (bicyclic) bond motifs is 7. The van der Waals surface area contributed by atoms with Crippen LogP contribution in [-0.4, -0.2) is 10.8 Å². The van der Waals surface area contributed by atoms with Gasteiger partial charge in [-0.25, -0.2) is 4.67 Å². The first-order valence-corrected chi connectivity index (χ1v) is 16.2. The topological polar surface area (TPSA) is 21.7 Å². The molecule has 2 unspecified atom stereocenters. The van der Waals surface area contributed by atoms with E-state index in [9.17, 15) is 0 Å². The molecule has 4 aliphatic rings. The second-order valence-electron chi connectivity index (χ2n) is 11.8. The van der Waals surface area contributed by atoms with Gasteiger partial charge in [0.15, 0.2) is 0 Å². The molecule has 2 aliphatic heterocycles. The Labute approximate surface area is 239 Å². The summed E-state index contributed by atoms with van der Waals surface area (Å²) in [5.74, 6) is 1.29. The lowest BCUT2D eigenvalue weighted by Crippen LogP contribution is -2.30. The Morgan fingerprint density at radius 3 is 2.05 bits per heavy atom. The largest absolute Gasteiger partial charge is 0.435 e. The molecule has 5 atom stereocenters. The Morgan fingerprint density at radius 2 is 1.30 bits per heavy atom. The Kier molecular flexibility index (Phi) is 6.48. The van der Waals surface area contributed by atoms with Gasteiger partial charge in [-0.1, -0.05) is 91.0 Å². The first-order chi connectivity index (χ1) is 19.8. The quantitative estimate of drug-likeness (QED) is 0.240. The lowest BCUT2D eigenvalue weighted by Gasteiger charge is -2.38. The smallest absolute Gasteiger partial charge is 0.322 e. The minimum absolute atomic E-state index is 0.115. The number of hydrogen-bond donors (Lipinski definition) is 0. The predicted molar refractivity (Wildman–Crippen MR) is 162 cm³/mol. The van der Waals surface area contributed by atoms with Crippen molar-refractivity contribution in [2.45, 2.75) is 75.5 Å². The van der Waals surface area contributed by atoms with E-state index in [4.69, 9.17) is 9.05 Å². The maximum Gasteiger partial charge on any atom is 0.322 e. The monoisotopic (exact) mass is 545 g/mol. The van der Waals surface area contributed by atoms with Crippen LogP contribution in [0, 0.1) is 0 Å². The average molecular weight is 546 g/mol. The third-order valence-corrected chi connectivity index (χ3v) is 11.4. The summed E-state index contributed by atoms with van der Waals surface area (Å²) in [6, 6.07) is 36.3. The first kappa shape index (κ1) is 24.8. The van der Waals surface area contributed by atoms with Crippen molar-refractivity contribution in [3.05, 3.63) is 136 Å². The van der Waals surface area contributed by atoms with Gasteiger partial charge < -0.3 is 9.05 Å². The summed E-state index contributed by atoms with van der Waals surface area (Å²) in [6.07, 6.45) is 9.28. The van der Waals surface area contributed by atoms with Gasteiger partial charge in [-0.2, -0.15) is 0 Å². The zero-order chi connectivity index (χ0) is 26.5. The summed E-state index contributed by atoms with van der Waals surface area (Å²) in [6.45, 7) is 0. The summed E-state index contributed by atoms with van der Waals surface area (Å²) in [5.41, 5.74) is 10.1. The zero-order valence-electron chi connectivity index (χ0n) is 22.9. The van der Waals surface area contributed by atoms with Gasteiger partial charge in [0, 0.05) is 23.6 Å². The molecule has 8 rings (SSSR count). The number of rotatable bonds is 3. The van der Waals surface area contributed by atoms with Crippen LogP contribution in [0.1, 0.15) is 89.0 Å². The van der Waals surface area contributed by atoms with E-state index in [0.717, 1.165) is 37.9 Å². The van der Waals surface area contributed by atoms with Crippen LogP contribution >= 0.6 is 8.53 Å². The van der Waals surface area contributed by atoms with Crippen molar-refractivity contribution >= 4 is 8.53 Å². The molecular weight excluding hydrogens is 509 g/mol. The van der Waals surface area contributed by atoms with E-state index in [1.807, 2.05) is 0 Å². The van der Waals surface area contributed by atoms with Crippen LogP contribution in [0.25, 0.3) is 0 Å². The third kappa shape index (κ3) is 4.22. The highest BCUT2D eigenvalue weighted by molar-refractivity contribution is 7.45. The second-order valence-corrected chi connectivity index (χ2v) is 13.2. The maximum absolute atomic E-state index is 7.30. The summed E-state index contributed by atoms with van der Waals surface area (Å²) >= 11 is 0. The van der Waals surface area contributed by atoms with Gasteiger partial charge in [0.25, 0.3) is 0 Å². The molecule has 1 fully saturated rings. The van der Waals surface area contributed by atoms with E-state index in [0.29, 0.717) is 0 Å². The molecule has 4 aromatic carbocycles. The summed E-state index contributed by atoms with van der Waals surface area (Å²) in [5, 5.41) is 0. The molecule has 4 heteroatoms. The molecule has 0 saturated carbocycles. The molecule has 2 heterocycles. The predicted octanol–water partition coefficient (Wildman–Crippen LogP) is 9.23. The highest BCUT2D eigenvalue weighted by atomic mass is 31.2. The summed E-state index contributed by atoms with van der Waals surface area (Å²) in [4.78, 5) is 0. The Morgan fingerprint density at radius 1 is 0.625 bits per heavy atom. The van der Waals surface area contributed by atoms with Crippen LogP contribution in [0.3, 0.4) is 0 Å². The highest BCUT2D eigenvalue weighted by Crippen LogP contribution is 2.63. The van der Waals surface area contributed by atoms with Gasteiger partial charge >= 0.3 is 8.53 Å². The van der Waals surface area contributed by atoms with Crippen molar-refractivity contribution in [2.75, 3.05) is 0 Å². The Balaban J connectivity index is 1.27. The number of hydrogen-bond acceptors (Lipinski definition) is 3. The van der Waals surface area contributed by atoms with E-state index in [-0.39, 0.29) is 24.1 Å². The van der Waals surface area contributed by atoms with Gasteiger partial charge in [-0.05, 0) is 90.8 Å². The number of nitrogens with zero attached hydrogens (tertiary/aromatic N) is 1. The fourth-order valence-corrected chi connectivity index (χ4v) is 9.76. The Hall–Kier alpha value is -2.97. The number of aryl methyl sites for hydroxylation is 2. The van der Waals surface area contributed by atoms with Gasteiger partial charge in [0.1, 0.15) is 5.75 Å². The normalized spacial score (nSPS) is 27.4. The number of benzene rings is 4. The lowest BCUT2D eigenvalue weighted by atomic mass is 9.73. The van der Waals surface area contributed by atoms with E-state index in [1.54, 1.807) is 0 Å². The van der Waals surface area contributed by atoms with Crippen molar-refractivity contribution in [2.24, 2.45) is 0 Å². The molecule has 0 bridgehead atoms. The summed E-state index contributed by atoms with van der Waals surface area (Å²) < 4.78 is 17.1. The molecule has 2 aliphatic carbocycles. The minimum atomic E-state index is -1.32. The standard InChI is InChI=1S/C36H36NO2P/c1-3-13-27(14-4-1)31-21-22-32(28-15-5-2-6-16-28)37(31)40-38-33-23-19-25-11-7-9-17-29(25)35(33)36-30-18-10-8-12-26(30)20-24-34(36)39-40/h1-7,9,11,13-17,20,24,31-33,35H,8,10,12,18-19,21-23H2/t31-,32-,33?,35-,40?/m1/s1.